The van der Waals surface area contributed by atoms with Crippen molar-refractivity contribution in [2.45, 2.75) is 38.1 Å². The molecule has 0 spiro atoms. The molecule has 2 unspecified atom stereocenters. The van der Waals surface area contributed by atoms with E-state index in [9.17, 15) is 0 Å². The highest BCUT2D eigenvalue weighted by Crippen LogP contribution is 2.32. The van der Waals surface area contributed by atoms with Gasteiger partial charge in [-0.2, -0.15) is 0 Å². The number of rotatable bonds is 4. The second-order valence-electron chi connectivity index (χ2n) is 4.08. The minimum atomic E-state index is 0.366. The molecule has 2 atom stereocenters. The molecule has 0 aliphatic heterocycles. The Labute approximate surface area is 81.7 Å². The quantitative estimate of drug-likeness (QED) is 0.660. The van der Waals surface area contributed by atoms with Crippen molar-refractivity contribution < 1.29 is 0 Å². The lowest BCUT2D eigenvalue weighted by molar-refractivity contribution is 0.223. The normalized spacial score (nSPS) is 34.1. The molecule has 0 aromatic rings. The summed E-state index contributed by atoms with van der Waals surface area (Å²) in [6.07, 6.45) is 10.0. The number of allylic oxidation sites excluding steroid dienone is 2. The van der Waals surface area contributed by atoms with Gasteiger partial charge in [-0.15, -0.1) is 13.2 Å². The van der Waals surface area contributed by atoms with E-state index in [0.29, 0.717) is 17.9 Å². The van der Waals surface area contributed by atoms with Gasteiger partial charge in [0.1, 0.15) is 0 Å². The van der Waals surface area contributed by atoms with Crippen molar-refractivity contribution in [2.24, 2.45) is 17.6 Å². The summed E-state index contributed by atoms with van der Waals surface area (Å²) in [6.45, 7) is 7.57. The SMILES string of the molecule is C=CCC1CCCC(CC=C)C1N. The molecule has 1 nitrogen and oxygen atoms in total. The average molecular weight is 179 g/mol. The highest BCUT2D eigenvalue weighted by molar-refractivity contribution is 4.91. The van der Waals surface area contributed by atoms with Gasteiger partial charge in [0.2, 0.25) is 0 Å². The van der Waals surface area contributed by atoms with Gasteiger partial charge in [-0.1, -0.05) is 18.6 Å². The first-order valence-electron chi connectivity index (χ1n) is 5.27. The van der Waals surface area contributed by atoms with Crippen LogP contribution >= 0.6 is 0 Å². The largest absolute Gasteiger partial charge is 0.327 e. The molecule has 1 aliphatic carbocycles. The second-order valence-corrected chi connectivity index (χ2v) is 4.08. The van der Waals surface area contributed by atoms with E-state index >= 15 is 0 Å². The van der Waals surface area contributed by atoms with Crippen molar-refractivity contribution in [1.29, 1.82) is 0 Å². The smallest absolute Gasteiger partial charge is 0.0101 e. The zero-order valence-corrected chi connectivity index (χ0v) is 8.41. The number of hydrogen-bond donors (Lipinski definition) is 1. The van der Waals surface area contributed by atoms with E-state index in [1.54, 1.807) is 0 Å². The topological polar surface area (TPSA) is 26.0 Å². The molecule has 1 saturated carbocycles. The lowest BCUT2D eigenvalue weighted by atomic mass is 9.74. The Bertz CT molecular complexity index is 156. The van der Waals surface area contributed by atoms with E-state index in [1.807, 2.05) is 12.2 Å². The van der Waals surface area contributed by atoms with Crippen LogP contribution in [0.2, 0.25) is 0 Å². The Morgan fingerprint density at radius 2 is 1.54 bits per heavy atom. The van der Waals surface area contributed by atoms with Crippen LogP contribution in [-0.2, 0) is 0 Å². The molecule has 13 heavy (non-hydrogen) atoms. The highest BCUT2D eigenvalue weighted by atomic mass is 14.7. The first kappa shape index (κ1) is 10.5. The van der Waals surface area contributed by atoms with Crippen molar-refractivity contribution in [1.82, 2.24) is 0 Å². The molecule has 0 aromatic heterocycles. The van der Waals surface area contributed by atoms with E-state index in [4.69, 9.17) is 5.73 Å². The van der Waals surface area contributed by atoms with Gasteiger partial charge < -0.3 is 5.73 Å². The molecular formula is C12H21N. The van der Waals surface area contributed by atoms with Crippen LogP contribution in [0, 0.1) is 11.8 Å². The average Bonchev–Trinajstić information content (AvgIpc) is 2.13. The van der Waals surface area contributed by atoms with Crippen LogP contribution in [0.25, 0.3) is 0 Å². The Hall–Kier alpha value is -0.560. The maximum absolute atomic E-state index is 6.20. The van der Waals surface area contributed by atoms with Crippen LogP contribution in [0.3, 0.4) is 0 Å². The minimum Gasteiger partial charge on any atom is -0.327 e. The number of hydrogen-bond acceptors (Lipinski definition) is 1. The molecule has 1 fully saturated rings. The van der Waals surface area contributed by atoms with Gasteiger partial charge in [-0.05, 0) is 37.5 Å². The van der Waals surface area contributed by atoms with Crippen LogP contribution in [0.4, 0.5) is 0 Å². The molecule has 0 radical (unpaired) electrons. The van der Waals surface area contributed by atoms with Gasteiger partial charge in [-0.25, -0.2) is 0 Å². The van der Waals surface area contributed by atoms with E-state index in [0.717, 1.165) is 12.8 Å². The second kappa shape index (κ2) is 5.23. The Morgan fingerprint density at radius 3 is 1.92 bits per heavy atom. The van der Waals surface area contributed by atoms with Crippen molar-refractivity contribution in [3.05, 3.63) is 25.3 Å². The van der Waals surface area contributed by atoms with E-state index in [2.05, 4.69) is 13.2 Å². The molecule has 74 valence electrons. The fraction of sp³-hybridized carbons (Fsp3) is 0.667. The maximum atomic E-state index is 6.20. The zero-order valence-electron chi connectivity index (χ0n) is 8.41. The lowest BCUT2D eigenvalue weighted by Crippen LogP contribution is -2.40. The van der Waals surface area contributed by atoms with Gasteiger partial charge in [-0.3, -0.25) is 0 Å². The van der Waals surface area contributed by atoms with Gasteiger partial charge in [0, 0.05) is 6.04 Å². The van der Waals surface area contributed by atoms with Crippen LogP contribution in [0.1, 0.15) is 32.1 Å². The zero-order chi connectivity index (χ0) is 9.68. The summed E-state index contributed by atoms with van der Waals surface area (Å²) < 4.78 is 0. The molecule has 1 rings (SSSR count). The van der Waals surface area contributed by atoms with E-state index in [1.165, 1.54) is 19.3 Å². The van der Waals surface area contributed by atoms with Crippen LogP contribution in [0.15, 0.2) is 25.3 Å². The molecule has 0 bridgehead atoms. The molecule has 0 amide bonds. The summed E-state index contributed by atoms with van der Waals surface area (Å²) in [4.78, 5) is 0. The fourth-order valence-electron chi connectivity index (χ4n) is 2.39. The first-order valence-corrected chi connectivity index (χ1v) is 5.27. The molecule has 0 heterocycles. The third kappa shape index (κ3) is 2.70. The van der Waals surface area contributed by atoms with Gasteiger partial charge in [0.15, 0.2) is 0 Å². The molecule has 1 heteroatoms. The monoisotopic (exact) mass is 179 g/mol. The summed E-state index contributed by atoms with van der Waals surface area (Å²) in [5.41, 5.74) is 6.20. The van der Waals surface area contributed by atoms with Crippen molar-refractivity contribution in [3.8, 4) is 0 Å². The first-order chi connectivity index (χ1) is 6.29. The van der Waals surface area contributed by atoms with Gasteiger partial charge in [0.05, 0.1) is 0 Å². The van der Waals surface area contributed by atoms with Crippen molar-refractivity contribution in [3.63, 3.8) is 0 Å². The molecule has 0 aromatic carbocycles. The Morgan fingerprint density at radius 1 is 1.08 bits per heavy atom. The third-order valence-electron chi connectivity index (χ3n) is 3.18. The lowest BCUT2D eigenvalue weighted by Gasteiger charge is -2.35. The van der Waals surface area contributed by atoms with Gasteiger partial charge in [0.25, 0.3) is 0 Å². The van der Waals surface area contributed by atoms with Crippen molar-refractivity contribution in [2.75, 3.05) is 0 Å². The molecular weight excluding hydrogens is 158 g/mol. The highest BCUT2D eigenvalue weighted by Gasteiger charge is 2.28. The third-order valence-corrected chi connectivity index (χ3v) is 3.18. The summed E-state index contributed by atoms with van der Waals surface area (Å²) in [6, 6.07) is 0.366. The predicted molar refractivity (Wildman–Crippen MR) is 58.4 cm³/mol. The standard InChI is InChI=1S/C12H21N/c1-3-6-10-8-5-9-11(7-4-2)12(10)13/h3-4,10-12H,1-2,5-9,13H2. The Kier molecular flexibility index (Phi) is 4.23. The number of nitrogens with two attached hydrogens (primary N) is 1. The van der Waals surface area contributed by atoms with Crippen LogP contribution in [-0.4, -0.2) is 6.04 Å². The summed E-state index contributed by atoms with van der Waals surface area (Å²) in [5.74, 6) is 1.33. The molecule has 2 N–H and O–H groups in total. The summed E-state index contributed by atoms with van der Waals surface area (Å²) in [7, 11) is 0. The summed E-state index contributed by atoms with van der Waals surface area (Å²) >= 11 is 0. The van der Waals surface area contributed by atoms with Gasteiger partial charge >= 0.3 is 0 Å². The van der Waals surface area contributed by atoms with Crippen LogP contribution in [0.5, 0.6) is 0 Å². The predicted octanol–water partition coefficient (Wildman–Crippen LogP) is 2.88. The molecule has 1 aliphatic rings. The summed E-state index contributed by atoms with van der Waals surface area (Å²) in [5, 5.41) is 0. The van der Waals surface area contributed by atoms with E-state index in [-0.39, 0.29) is 0 Å². The maximum Gasteiger partial charge on any atom is 0.0101 e. The minimum absolute atomic E-state index is 0.366. The van der Waals surface area contributed by atoms with Crippen LogP contribution < -0.4 is 5.73 Å². The molecule has 0 saturated heterocycles. The fourth-order valence-corrected chi connectivity index (χ4v) is 2.39. The Balaban J connectivity index is 2.48. The van der Waals surface area contributed by atoms with Crippen molar-refractivity contribution >= 4 is 0 Å². The van der Waals surface area contributed by atoms with E-state index < -0.39 is 0 Å².